The molecule has 2 aromatic rings. The topological polar surface area (TPSA) is 12.0 Å². The molecule has 4 rings (SSSR count). The van der Waals surface area contributed by atoms with Crippen LogP contribution in [0.5, 0.6) is 0 Å². The third-order valence-electron chi connectivity index (χ3n) is 4.57. The van der Waals surface area contributed by atoms with Gasteiger partial charge in [-0.3, -0.25) is 0 Å². The molecule has 0 fully saturated rings. The van der Waals surface area contributed by atoms with Crippen LogP contribution < -0.4 is 5.32 Å². The molecule has 0 radical (unpaired) electrons. The maximum absolute atomic E-state index is 6.43. The number of fused-ring (bicyclic) bond motifs is 3. The third-order valence-corrected chi connectivity index (χ3v) is 5.40. The highest BCUT2D eigenvalue weighted by Gasteiger charge is 2.38. The molecule has 106 valence electrons. The summed E-state index contributed by atoms with van der Waals surface area (Å²) < 4.78 is 1.14. The van der Waals surface area contributed by atoms with Gasteiger partial charge in [0.05, 0.1) is 6.04 Å². The van der Waals surface area contributed by atoms with Crippen LogP contribution in [0, 0.1) is 5.92 Å². The average molecular weight is 361 g/mol. The Bertz CT molecular complexity index is 725. The molecule has 2 aromatic carbocycles. The van der Waals surface area contributed by atoms with E-state index in [0.717, 1.165) is 15.9 Å². The molecule has 0 bridgehead atoms. The first-order chi connectivity index (χ1) is 10.2. The quantitative estimate of drug-likeness (QED) is 0.622. The van der Waals surface area contributed by atoms with Gasteiger partial charge in [-0.15, -0.1) is 0 Å². The zero-order chi connectivity index (χ0) is 14.4. The first kappa shape index (κ1) is 13.4. The van der Waals surface area contributed by atoms with Crippen molar-refractivity contribution in [3.63, 3.8) is 0 Å². The molecular weight excluding hydrogens is 346 g/mol. The highest BCUT2D eigenvalue weighted by molar-refractivity contribution is 9.10. The van der Waals surface area contributed by atoms with Crippen molar-refractivity contribution < 1.29 is 0 Å². The lowest BCUT2D eigenvalue weighted by Crippen LogP contribution is -2.29. The van der Waals surface area contributed by atoms with Crippen molar-refractivity contribution in [3.8, 4) is 0 Å². The van der Waals surface area contributed by atoms with E-state index in [1.54, 1.807) is 0 Å². The van der Waals surface area contributed by atoms with Crippen molar-refractivity contribution in [3.05, 3.63) is 75.2 Å². The molecule has 1 aliphatic carbocycles. The molecule has 1 aliphatic heterocycles. The summed E-state index contributed by atoms with van der Waals surface area (Å²) in [4.78, 5) is 0. The monoisotopic (exact) mass is 359 g/mol. The number of anilines is 1. The minimum atomic E-state index is 0.271. The van der Waals surface area contributed by atoms with E-state index in [-0.39, 0.29) is 6.04 Å². The largest absolute Gasteiger partial charge is 0.378 e. The number of allylic oxidation sites excluding steroid dienone is 2. The smallest absolute Gasteiger partial charge is 0.0568 e. The van der Waals surface area contributed by atoms with Crippen molar-refractivity contribution in [1.82, 2.24) is 0 Å². The maximum Gasteiger partial charge on any atom is 0.0568 e. The van der Waals surface area contributed by atoms with Crippen LogP contribution in [-0.2, 0) is 0 Å². The van der Waals surface area contributed by atoms with Crippen LogP contribution in [0.15, 0.2) is 59.1 Å². The number of hydrogen-bond acceptors (Lipinski definition) is 1. The lowest BCUT2D eigenvalue weighted by molar-refractivity contribution is 0.425. The first-order valence-electron chi connectivity index (χ1n) is 7.21. The summed E-state index contributed by atoms with van der Waals surface area (Å²) in [6.45, 7) is 0. The van der Waals surface area contributed by atoms with Gasteiger partial charge in [0.25, 0.3) is 0 Å². The molecule has 0 amide bonds. The van der Waals surface area contributed by atoms with Crippen molar-refractivity contribution in [2.24, 2.45) is 5.92 Å². The fourth-order valence-electron chi connectivity index (χ4n) is 3.60. The Balaban J connectivity index is 1.82. The van der Waals surface area contributed by atoms with E-state index in [0.29, 0.717) is 11.8 Å². The number of rotatable bonds is 1. The lowest BCUT2D eigenvalue weighted by Gasteiger charge is -2.38. The van der Waals surface area contributed by atoms with Crippen LogP contribution in [0.1, 0.15) is 29.5 Å². The molecule has 0 saturated heterocycles. The second-order valence-electron chi connectivity index (χ2n) is 5.73. The molecule has 0 saturated carbocycles. The third kappa shape index (κ3) is 2.21. The van der Waals surface area contributed by atoms with Gasteiger partial charge in [-0.1, -0.05) is 57.9 Å². The zero-order valence-corrected chi connectivity index (χ0v) is 13.7. The van der Waals surface area contributed by atoms with Crippen LogP contribution in [0.25, 0.3) is 0 Å². The van der Waals surface area contributed by atoms with Gasteiger partial charge in [-0.2, -0.15) is 0 Å². The second-order valence-corrected chi connectivity index (χ2v) is 7.05. The van der Waals surface area contributed by atoms with E-state index in [9.17, 15) is 0 Å². The number of nitrogens with one attached hydrogen (secondary N) is 1. The Hall–Kier alpha value is -1.25. The summed E-state index contributed by atoms with van der Waals surface area (Å²) in [5, 5.41) is 4.56. The van der Waals surface area contributed by atoms with Crippen molar-refractivity contribution in [1.29, 1.82) is 0 Å². The van der Waals surface area contributed by atoms with Gasteiger partial charge in [0, 0.05) is 21.1 Å². The van der Waals surface area contributed by atoms with Crippen LogP contribution in [0.2, 0.25) is 5.02 Å². The minimum absolute atomic E-state index is 0.271. The molecule has 0 spiro atoms. The molecule has 0 aromatic heterocycles. The summed E-state index contributed by atoms with van der Waals surface area (Å²) in [7, 11) is 0. The van der Waals surface area contributed by atoms with Crippen molar-refractivity contribution >= 4 is 33.2 Å². The fourth-order valence-corrected chi connectivity index (χ4v) is 4.23. The predicted octanol–water partition coefficient (Wildman–Crippen LogP) is 5.93. The standard InChI is InChI=1S/C18H15BrClN/c19-11-8-9-17-15(10-11)12-5-3-6-13(12)18(21-17)14-4-1-2-7-16(14)20/h1-5,7-10,12-13,18,21H,6H2/t12-,13+,18-/m0/s1. The van der Waals surface area contributed by atoms with Gasteiger partial charge < -0.3 is 5.32 Å². The molecule has 21 heavy (non-hydrogen) atoms. The van der Waals surface area contributed by atoms with Gasteiger partial charge in [0.2, 0.25) is 0 Å². The Kier molecular flexibility index (Phi) is 3.31. The van der Waals surface area contributed by atoms with Gasteiger partial charge in [0.15, 0.2) is 0 Å². The molecule has 1 N–H and O–H groups in total. The predicted molar refractivity (Wildman–Crippen MR) is 91.9 cm³/mol. The van der Waals surface area contributed by atoms with E-state index in [1.165, 1.54) is 16.8 Å². The normalized spacial score (nSPS) is 26.1. The Morgan fingerprint density at radius 3 is 2.81 bits per heavy atom. The minimum Gasteiger partial charge on any atom is -0.378 e. The SMILES string of the molecule is Clc1ccccc1[C@H]1Nc2ccc(Br)cc2[C@H]2C=CC[C@H]21. The molecule has 0 unspecified atom stereocenters. The van der Waals surface area contributed by atoms with E-state index in [4.69, 9.17) is 11.6 Å². The summed E-state index contributed by atoms with van der Waals surface area (Å²) in [5.41, 5.74) is 3.80. The first-order valence-corrected chi connectivity index (χ1v) is 8.38. The van der Waals surface area contributed by atoms with Crippen molar-refractivity contribution in [2.45, 2.75) is 18.4 Å². The number of halogens is 2. The van der Waals surface area contributed by atoms with E-state index < -0.39 is 0 Å². The van der Waals surface area contributed by atoms with Gasteiger partial charge in [0.1, 0.15) is 0 Å². The Labute approximate surface area is 138 Å². The maximum atomic E-state index is 6.43. The number of hydrogen-bond donors (Lipinski definition) is 1. The molecule has 1 heterocycles. The second kappa shape index (κ2) is 5.19. The van der Waals surface area contributed by atoms with Gasteiger partial charge in [-0.05, 0) is 47.7 Å². The zero-order valence-electron chi connectivity index (χ0n) is 11.4. The van der Waals surface area contributed by atoms with Crippen molar-refractivity contribution in [2.75, 3.05) is 5.32 Å². The Morgan fingerprint density at radius 2 is 1.95 bits per heavy atom. The summed E-state index contributed by atoms with van der Waals surface area (Å²) in [6, 6.07) is 14.9. The summed E-state index contributed by atoms with van der Waals surface area (Å²) in [5.74, 6) is 1.01. The molecular formula is C18H15BrClN. The van der Waals surface area contributed by atoms with Crippen LogP contribution in [0.4, 0.5) is 5.69 Å². The van der Waals surface area contributed by atoms with Crippen LogP contribution >= 0.6 is 27.5 Å². The van der Waals surface area contributed by atoms with Gasteiger partial charge >= 0.3 is 0 Å². The van der Waals surface area contributed by atoms with Gasteiger partial charge in [-0.25, -0.2) is 0 Å². The van der Waals surface area contributed by atoms with E-state index in [2.05, 4.69) is 63.7 Å². The summed E-state index contributed by atoms with van der Waals surface area (Å²) >= 11 is 10.0. The fraction of sp³-hybridized carbons (Fsp3) is 0.222. The molecule has 1 nitrogen and oxygen atoms in total. The van der Waals surface area contributed by atoms with E-state index in [1.807, 2.05) is 12.1 Å². The molecule has 3 heteroatoms. The molecule has 3 atom stereocenters. The highest BCUT2D eigenvalue weighted by atomic mass is 79.9. The summed E-state index contributed by atoms with van der Waals surface area (Å²) in [6.07, 6.45) is 5.75. The lowest BCUT2D eigenvalue weighted by atomic mass is 9.77. The highest BCUT2D eigenvalue weighted by Crippen LogP contribution is 2.51. The van der Waals surface area contributed by atoms with Crippen LogP contribution in [-0.4, -0.2) is 0 Å². The Morgan fingerprint density at radius 1 is 1.10 bits per heavy atom. The number of benzene rings is 2. The molecule has 2 aliphatic rings. The van der Waals surface area contributed by atoms with E-state index >= 15 is 0 Å². The van der Waals surface area contributed by atoms with Crippen LogP contribution in [0.3, 0.4) is 0 Å². The average Bonchev–Trinajstić information content (AvgIpc) is 2.97.